The molecule has 0 spiro atoms. The lowest BCUT2D eigenvalue weighted by molar-refractivity contribution is 0.0853. The van der Waals surface area contributed by atoms with Crippen LogP contribution in [0.15, 0.2) is 18.2 Å². The summed E-state index contributed by atoms with van der Waals surface area (Å²) in [7, 11) is 0. The van der Waals surface area contributed by atoms with Gasteiger partial charge in [0.1, 0.15) is 5.75 Å². The maximum Gasteiger partial charge on any atom is 0.253 e. The topological polar surface area (TPSA) is 49.3 Å². The highest BCUT2D eigenvalue weighted by atomic mass is 35.5. The van der Waals surface area contributed by atoms with Gasteiger partial charge in [-0.3, -0.25) is 4.79 Å². The summed E-state index contributed by atoms with van der Waals surface area (Å²) in [5.41, 5.74) is 0.444. The fourth-order valence-electron chi connectivity index (χ4n) is 2.68. The second kappa shape index (κ2) is 5.41. The molecule has 0 aromatic heterocycles. The number of rotatable bonds is 2. The lowest BCUT2D eigenvalue weighted by Gasteiger charge is -2.39. The van der Waals surface area contributed by atoms with E-state index in [1.54, 1.807) is 0 Å². The number of carbonyl (C=O) groups excluding carboxylic acids is 1. The first-order valence-corrected chi connectivity index (χ1v) is 7.07. The van der Waals surface area contributed by atoms with E-state index in [1.807, 2.05) is 0 Å². The molecule has 2 N–H and O–H groups in total. The van der Waals surface area contributed by atoms with E-state index in [1.165, 1.54) is 24.6 Å². The van der Waals surface area contributed by atoms with E-state index in [9.17, 15) is 9.90 Å². The zero-order chi connectivity index (χ0) is 14.0. The van der Waals surface area contributed by atoms with E-state index >= 15 is 0 Å². The Kier molecular flexibility index (Phi) is 4.04. The van der Waals surface area contributed by atoms with E-state index in [0.717, 1.165) is 19.3 Å². The number of aromatic hydroxyl groups is 1. The largest absolute Gasteiger partial charge is 0.508 e. The molecule has 1 saturated carbocycles. The number of benzene rings is 1. The number of phenols is 1. The van der Waals surface area contributed by atoms with Gasteiger partial charge in [-0.2, -0.15) is 0 Å². The number of hydrogen-bond donors (Lipinski definition) is 2. The lowest BCUT2D eigenvalue weighted by Crippen LogP contribution is -2.46. The Balaban J connectivity index is 2.14. The summed E-state index contributed by atoms with van der Waals surface area (Å²) in [6.45, 7) is 4.36. The minimum absolute atomic E-state index is 0.0532. The highest BCUT2D eigenvalue weighted by Crippen LogP contribution is 2.35. The molecule has 1 fully saturated rings. The van der Waals surface area contributed by atoms with Crippen LogP contribution in [-0.2, 0) is 0 Å². The minimum atomic E-state index is -0.208. The van der Waals surface area contributed by atoms with Gasteiger partial charge in [0, 0.05) is 6.04 Å². The molecule has 19 heavy (non-hydrogen) atoms. The van der Waals surface area contributed by atoms with Gasteiger partial charge in [0.2, 0.25) is 0 Å². The van der Waals surface area contributed by atoms with Crippen LogP contribution in [0.2, 0.25) is 5.02 Å². The van der Waals surface area contributed by atoms with Crippen LogP contribution in [0.25, 0.3) is 0 Å². The standard InChI is InChI=1S/C15H20ClNO2/c1-15(2)8-4-3-5-13(15)17-14(19)11-9-10(18)6-7-12(11)16/h6-7,9,13,18H,3-5,8H2,1-2H3,(H,17,19). The Bertz CT molecular complexity index is 485. The molecule has 1 aliphatic rings. The molecule has 0 saturated heterocycles. The molecule has 1 atom stereocenters. The molecule has 3 nitrogen and oxygen atoms in total. The van der Waals surface area contributed by atoms with Crippen molar-refractivity contribution in [3.05, 3.63) is 28.8 Å². The van der Waals surface area contributed by atoms with Gasteiger partial charge in [-0.15, -0.1) is 0 Å². The van der Waals surface area contributed by atoms with Gasteiger partial charge in [-0.1, -0.05) is 38.3 Å². The summed E-state index contributed by atoms with van der Waals surface area (Å²) < 4.78 is 0. The first-order chi connectivity index (χ1) is 8.90. The van der Waals surface area contributed by atoms with Gasteiger partial charge >= 0.3 is 0 Å². The van der Waals surface area contributed by atoms with Gasteiger partial charge in [-0.05, 0) is 36.5 Å². The zero-order valence-corrected chi connectivity index (χ0v) is 12.1. The smallest absolute Gasteiger partial charge is 0.253 e. The average molecular weight is 282 g/mol. The minimum Gasteiger partial charge on any atom is -0.508 e. The maximum absolute atomic E-state index is 12.3. The Morgan fingerprint density at radius 1 is 1.42 bits per heavy atom. The third kappa shape index (κ3) is 3.21. The molecule has 1 amide bonds. The van der Waals surface area contributed by atoms with Crippen molar-refractivity contribution >= 4 is 17.5 Å². The quantitative estimate of drug-likeness (QED) is 0.867. The van der Waals surface area contributed by atoms with Gasteiger partial charge in [-0.25, -0.2) is 0 Å². The maximum atomic E-state index is 12.3. The monoisotopic (exact) mass is 281 g/mol. The van der Waals surface area contributed by atoms with Gasteiger partial charge in [0.25, 0.3) is 5.91 Å². The Morgan fingerprint density at radius 3 is 2.84 bits per heavy atom. The molecule has 0 bridgehead atoms. The van der Waals surface area contributed by atoms with Crippen LogP contribution in [-0.4, -0.2) is 17.1 Å². The Labute approximate surface area is 119 Å². The predicted molar refractivity (Wildman–Crippen MR) is 76.6 cm³/mol. The van der Waals surface area contributed by atoms with E-state index < -0.39 is 0 Å². The molecule has 104 valence electrons. The van der Waals surface area contributed by atoms with Crippen molar-refractivity contribution in [3.8, 4) is 5.75 Å². The number of nitrogens with one attached hydrogen (secondary N) is 1. The number of halogens is 1. The summed E-state index contributed by atoms with van der Waals surface area (Å²) in [5, 5.41) is 12.9. The SMILES string of the molecule is CC1(C)CCCCC1NC(=O)c1cc(O)ccc1Cl. The van der Waals surface area contributed by atoms with Gasteiger partial charge < -0.3 is 10.4 Å². The van der Waals surface area contributed by atoms with Crippen LogP contribution in [0.4, 0.5) is 0 Å². The molecule has 4 heteroatoms. The van der Waals surface area contributed by atoms with Crippen LogP contribution >= 0.6 is 11.6 Å². The van der Waals surface area contributed by atoms with Crippen LogP contribution in [0.3, 0.4) is 0 Å². The third-order valence-electron chi connectivity index (χ3n) is 4.01. The molecule has 0 aliphatic heterocycles. The van der Waals surface area contributed by atoms with E-state index in [-0.39, 0.29) is 23.1 Å². The van der Waals surface area contributed by atoms with Crippen LogP contribution in [0, 0.1) is 5.41 Å². The summed E-state index contributed by atoms with van der Waals surface area (Å²) in [4.78, 5) is 12.3. The van der Waals surface area contributed by atoms with Crippen LogP contribution in [0.5, 0.6) is 5.75 Å². The van der Waals surface area contributed by atoms with Crippen molar-refractivity contribution < 1.29 is 9.90 Å². The van der Waals surface area contributed by atoms with Gasteiger partial charge in [0.15, 0.2) is 0 Å². The zero-order valence-electron chi connectivity index (χ0n) is 11.4. The molecule has 0 radical (unpaired) electrons. The van der Waals surface area contributed by atoms with Crippen molar-refractivity contribution in [1.29, 1.82) is 0 Å². The number of amides is 1. The number of carbonyl (C=O) groups is 1. The number of phenolic OH excluding ortho intramolecular Hbond substituents is 1. The molecule has 1 aliphatic carbocycles. The van der Waals surface area contributed by atoms with Crippen molar-refractivity contribution in [2.24, 2.45) is 5.41 Å². The summed E-state index contributed by atoms with van der Waals surface area (Å²) in [5.74, 6) is -0.154. The van der Waals surface area contributed by atoms with Crippen LogP contribution in [0.1, 0.15) is 49.9 Å². The molecule has 0 heterocycles. The van der Waals surface area contributed by atoms with E-state index in [4.69, 9.17) is 11.6 Å². The third-order valence-corrected chi connectivity index (χ3v) is 4.34. The van der Waals surface area contributed by atoms with E-state index in [0.29, 0.717) is 10.6 Å². The summed E-state index contributed by atoms with van der Waals surface area (Å²) >= 11 is 6.01. The highest BCUT2D eigenvalue weighted by molar-refractivity contribution is 6.33. The average Bonchev–Trinajstić information content (AvgIpc) is 2.34. The van der Waals surface area contributed by atoms with Gasteiger partial charge in [0.05, 0.1) is 10.6 Å². The van der Waals surface area contributed by atoms with Crippen molar-refractivity contribution in [3.63, 3.8) is 0 Å². The predicted octanol–water partition coefficient (Wildman–Crippen LogP) is 3.74. The molecular formula is C15H20ClNO2. The van der Waals surface area contributed by atoms with Crippen LogP contribution < -0.4 is 5.32 Å². The highest BCUT2D eigenvalue weighted by Gasteiger charge is 2.33. The Hall–Kier alpha value is -1.22. The first kappa shape index (κ1) is 14.2. The van der Waals surface area contributed by atoms with Crippen molar-refractivity contribution in [1.82, 2.24) is 5.32 Å². The van der Waals surface area contributed by atoms with Crippen molar-refractivity contribution in [2.75, 3.05) is 0 Å². The lowest BCUT2D eigenvalue weighted by atomic mass is 9.73. The van der Waals surface area contributed by atoms with E-state index in [2.05, 4.69) is 19.2 Å². The molecular weight excluding hydrogens is 262 g/mol. The fourth-order valence-corrected chi connectivity index (χ4v) is 2.89. The molecule has 1 aromatic rings. The molecule has 1 aromatic carbocycles. The second-order valence-corrected chi connectivity index (χ2v) is 6.33. The normalized spacial score (nSPS) is 21.9. The first-order valence-electron chi connectivity index (χ1n) is 6.69. The fraction of sp³-hybridized carbons (Fsp3) is 0.533. The molecule has 1 unspecified atom stereocenters. The molecule has 2 rings (SSSR count). The summed E-state index contributed by atoms with van der Waals surface area (Å²) in [6, 6.07) is 4.58. The Morgan fingerprint density at radius 2 is 2.16 bits per heavy atom. The second-order valence-electron chi connectivity index (χ2n) is 5.92. The van der Waals surface area contributed by atoms with Crippen molar-refractivity contribution in [2.45, 2.75) is 45.6 Å². The number of hydrogen-bond acceptors (Lipinski definition) is 2. The summed E-state index contributed by atoms with van der Waals surface area (Å²) in [6.07, 6.45) is 4.47.